The maximum Gasteiger partial charge on any atom is 0.347 e. The number of carbonyl (C=O) groups is 18. The molecule has 0 aliphatic carbocycles. The van der Waals surface area contributed by atoms with Crippen molar-refractivity contribution < 1.29 is 172 Å². The summed E-state index contributed by atoms with van der Waals surface area (Å²) in [7, 11) is 0. The van der Waals surface area contributed by atoms with E-state index in [0.717, 1.165) is 20.8 Å². The van der Waals surface area contributed by atoms with Crippen LogP contribution in [-0.2, 0) is 172 Å². The van der Waals surface area contributed by atoms with E-state index in [0.29, 0.717) is 0 Å². The molecule has 36 nitrogen and oxygen atoms in total. The molecule has 0 aromatic rings. The zero-order chi connectivity index (χ0) is 80.9. The molecule has 0 bridgehead atoms. The van der Waals surface area contributed by atoms with Crippen LogP contribution in [0.3, 0.4) is 0 Å². The smallest absolute Gasteiger partial charge is 0.347 e. The fourth-order valence-corrected chi connectivity index (χ4v) is 16.6. The van der Waals surface area contributed by atoms with Crippen LogP contribution in [0.4, 0.5) is 0 Å². The molecule has 9 aliphatic heterocycles. The Morgan fingerprint density at radius 2 is 0.355 bits per heavy atom. The van der Waals surface area contributed by atoms with Gasteiger partial charge in [0.1, 0.15) is 0 Å². The normalized spacial score (nSPS) is 28.2. The van der Waals surface area contributed by atoms with Gasteiger partial charge in [-0.1, -0.05) is 6.92 Å². The Labute approximate surface area is 631 Å². The number of rotatable bonds is 35. The molecule has 9 heterocycles. The predicted octanol–water partition coefficient (Wildman–Crippen LogP) is 3.32. The molecule has 9 rings (SSSR count). The molecule has 110 heavy (non-hydrogen) atoms. The van der Waals surface area contributed by atoms with Crippen LogP contribution in [0, 0.1) is 48.7 Å². The van der Waals surface area contributed by atoms with E-state index in [1.54, 1.807) is 6.92 Å². The van der Waals surface area contributed by atoms with Gasteiger partial charge in [-0.2, -0.15) is 0 Å². The molecule has 17 atom stereocenters. The molecule has 0 spiro atoms. The van der Waals surface area contributed by atoms with Crippen LogP contribution >= 0.6 is 0 Å². The van der Waals surface area contributed by atoms with Crippen LogP contribution < -0.4 is 0 Å². The number of hydrogen-bond acceptors (Lipinski definition) is 36. The van der Waals surface area contributed by atoms with Crippen molar-refractivity contribution in [3.05, 3.63) is 0 Å². The summed E-state index contributed by atoms with van der Waals surface area (Å²) >= 11 is 0. The van der Waals surface area contributed by atoms with Gasteiger partial charge >= 0.3 is 107 Å². The first-order chi connectivity index (χ1) is 51.4. The molecule has 608 valence electrons. The van der Waals surface area contributed by atoms with Gasteiger partial charge in [0.15, 0.2) is 0 Å². The highest BCUT2D eigenvalue weighted by Gasteiger charge is 2.63. The average molecular weight is 1560 g/mol. The lowest BCUT2D eigenvalue weighted by molar-refractivity contribution is -0.188. The number of carbonyl (C=O) groups excluding carboxylic acids is 18. The maximum atomic E-state index is 16.2. The highest BCUT2D eigenvalue weighted by Crippen LogP contribution is 2.58. The average Bonchev–Trinajstić information content (AvgIpc) is 0.775. The minimum atomic E-state index is -2.65. The third-order valence-corrected chi connectivity index (χ3v) is 21.8. The molecular weight excluding hydrogens is 1460 g/mol. The Morgan fingerprint density at radius 1 is 0.227 bits per heavy atom. The van der Waals surface area contributed by atoms with Crippen LogP contribution in [0.15, 0.2) is 0 Å². The van der Waals surface area contributed by atoms with Gasteiger partial charge in [-0.25, -0.2) is 43.2 Å². The van der Waals surface area contributed by atoms with E-state index in [-0.39, 0.29) is 124 Å². The van der Waals surface area contributed by atoms with Gasteiger partial charge < -0.3 is 85.3 Å². The SMILES string of the molecule is CCC(C)(CC(C)(CC(C)(CC(C)(CC(C)(CC(C)(CC(C)(CC(C)(CC(C)(C)C(=O)OC1CCOC1=O)C(=O)OC1CCOC1=O)C(=O)OC1CCOC1=O)C(=O)OC1CCOC1=O)C(=O)OC1CCOC1=O)C(=O)OC1CCOC1=O)C(=O)OC1CCOC1=O)C(=O)OC1CCOC1=O)C(=O)OC1CCOC1=O. The predicted molar refractivity (Wildman–Crippen MR) is 355 cm³/mol. The molecule has 9 saturated heterocycles. The Morgan fingerprint density at radius 3 is 0.491 bits per heavy atom. The monoisotopic (exact) mass is 1560 g/mol. The fraction of sp³-hybridized carbons (Fsp3) is 0.757. The molecule has 0 aromatic heterocycles. The summed E-state index contributed by atoms with van der Waals surface area (Å²) in [6.07, 6.45) is -23.6. The number of hydrogen-bond donors (Lipinski definition) is 0. The van der Waals surface area contributed by atoms with Gasteiger partial charge in [0.2, 0.25) is 54.9 Å². The first-order valence-corrected chi connectivity index (χ1v) is 36.8. The fourth-order valence-electron chi connectivity index (χ4n) is 16.6. The molecule has 17 unspecified atom stereocenters. The van der Waals surface area contributed by atoms with Crippen molar-refractivity contribution in [3.63, 3.8) is 0 Å². The summed E-state index contributed by atoms with van der Waals surface area (Å²) in [4.78, 5) is 259. The van der Waals surface area contributed by atoms with Gasteiger partial charge in [0, 0.05) is 57.8 Å². The topological polar surface area (TPSA) is 473 Å². The van der Waals surface area contributed by atoms with Crippen molar-refractivity contribution in [3.8, 4) is 0 Å². The molecule has 0 aromatic carbocycles. The Hall–Kier alpha value is -9.54. The Kier molecular flexibility index (Phi) is 25.5. The van der Waals surface area contributed by atoms with Crippen molar-refractivity contribution in [2.24, 2.45) is 48.7 Å². The van der Waals surface area contributed by atoms with Gasteiger partial charge in [0.05, 0.1) is 108 Å². The first kappa shape index (κ1) is 84.5. The standard InChI is InChI=1S/C74H96O36/c1-12-67(4,58(85)103-40-14-23-94-49(40)76)32-69(6,60(87)105-42-16-25-96-51(42)78)34-71(8,62(89)107-44-18-27-98-53(44)80)36-73(10,64(91)109-46-20-29-100-55(46)82)38-74(11,65(92)110-47-21-30-101-56(47)83)37-72(9,63(90)108-45-19-28-99-54(45)81)35-70(7,61(88)106-43-17-26-97-52(43)79)33-68(5,59(86)104-41-15-24-95-50(41)77)31-66(2,3)57(84)102-39-13-22-93-48(39)75/h39-47H,12-38H2,1-11H3. The Bertz CT molecular complexity index is 3710. The van der Waals surface area contributed by atoms with E-state index in [9.17, 15) is 52.7 Å². The Balaban J connectivity index is 1.23. The van der Waals surface area contributed by atoms with E-state index in [2.05, 4.69) is 0 Å². The number of cyclic esters (lactones) is 9. The molecule has 0 radical (unpaired) electrons. The first-order valence-electron chi connectivity index (χ1n) is 36.8. The summed E-state index contributed by atoms with van der Waals surface area (Å²) in [6, 6.07) is 0. The highest BCUT2D eigenvalue weighted by molar-refractivity contribution is 5.93. The summed E-state index contributed by atoms with van der Waals surface area (Å²) in [6.45, 7) is 11.9. The van der Waals surface area contributed by atoms with E-state index in [1.807, 2.05) is 0 Å². The van der Waals surface area contributed by atoms with E-state index in [4.69, 9.17) is 85.3 Å². The van der Waals surface area contributed by atoms with Crippen LogP contribution in [0.25, 0.3) is 0 Å². The van der Waals surface area contributed by atoms with Crippen molar-refractivity contribution in [1.29, 1.82) is 0 Å². The van der Waals surface area contributed by atoms with E-state index >= 15 is 33.6 Å². The lowest BCUT2D eigenvalue weighted by Crippen LogP contribution is -2.52. The van der Waals surface area contributed by atoms with E-state index in [1.165, 1.54) is 48.5 Å². The summed E-state index contributed by atoms with van der Waals surface area (Å²) in [5.74, 6) is -20.6. The molecule has 36 heteroatoms. The van der Waals surface area contributed by atoms with Crippen molar-refractivity contribution in [2.75, 3.05) is 59.5 Å². The molecule has 9 fully saturated rings. The van der Waals surface area contributed by atoms with Crippen LogP contribution in [0.1, 0.15) is 192 Å². The minimum absolute atomic E-state index is 0.0390. The largest absolute Gasteiger partial charge is 0.463 e. The quantitative estimate of drug-likeness (QED) is 0.0648. The molecule has 0 N–H and O–H groups in total. The van der Waals surface area contributed by atoms with Gasteiger partial charge in [-0.3, -0.25) is 43.2 Å². The second kappa shape index (κ2) is 33.2. The zero-order valence-electron chi connectivity index (χ0n) is 63.5. The maximum absolute atomic E-state index is 16.2. The van der Waals surface area contributed by atoms with Crippen LogP contribution in [0.2, 0.25) is 0 Å². The van der Waals surface area contributed by atoms with Crippen LogP contribution in [0.5, 0.6) is 0 Å². The van der Waals surface area contributed by atoms with Gasteiger partial charge in [-0.05, 0) is 127 Å². The number of esters is 18. The number of ether oxygens (including phenoxy) is 18. The lowest BCUT2D eigenvalue weighted by Gasteiger charge is -2.47. The molecule has 0 amide bonds. The van der Waals surface area contributed by atoms with Crippen molar-refractivity contribution in [2.45, 2.75) is 247 Å². The summed E-state index contributed by atoms with van der Waals surface area (Å²) in [5.41, 5.74) is -21.1. The third kappa shape index (κ3) is 19.1. The van der Waals surface area contributed by atoms with Gasteiger partial charge in [0.25, 0.3) is 0 Å². The van der Waals surface area contributed by atoms with Crippen molar-refractivity contribution >= 4 is 107 Å². The lowest BCUT2D eigenvalue weighted by atomic mass is 9.56. The second-order valence-electron chi connectivity index (χ2n) is 32.8. The summed E-state index contributed by atoms with van der Waals surface area (Å²) < 4.78 is 99.4. The van der Waals surface area contributed by atoms with Crippen LogP contribution in [-0.4, -0.2) is 222 Å². The zero-order valence-corrected chi connectivity index (χ0v) is 63.5. The molecule has 0 saturated carbocycles. The third-order valence-electron chi connectivity index (χ3n) is 21.8. The van der Waals surface area contributed by atoms with E-state index < -0.39 is 262 Å². The molecular formula is C74H96O36. The van der Waals surface area contributed by atoms with Crippen molar-refractivity contribution in [1.82, 2.24) is 0 Å². The highest BCUT2D eigenvalue weighted by atomic mass is 16.7. The van der Waals surface area contributed by atoms with Gasteiger partial charge in [-0.15, -0.1) is 0 Å². The second-order valence-corrected chi connectivity index (χ2v) is 32.8. The minimum Gasteiger partial charge on any atom is -0.463 e. The molecule has 9 aliphatic rings. The summed E-state index contributed by atoms with van der Waals surface area (Å²) in [5, 5.41) is 0.